The van der Waals surface area contributed by atoms with Crippen LogP contribution in [0.2, 0.25) is 0 Å². The summed E-state index contributed by atoms with van der Waals surface area (Å²) in [6.07, 6.45) is -1.51. The van der Waals surface area contributed by atoms with Gasteiger partial charge in [0.05, 0.1) is 12.1 Å². The molecule has 2 heterocycles. The summed E-state index contributed by atoms with van der Waals surface area (Å²) in [6.45, 7) is 19.5. The molecular formula is C27H29N2O+. The van der Waals surface area contributed by atoms with Crippen LogP contribution in [-0.4, -0.2) is 0 Å². The fourth-order valence-electron chi connectivity index (χ4n) is 4.27. The summed E-state index contributed by atoms with van der Waals surface area (Å²) in [5.41, 5.74) is 6.92. The Balaban J connectivity index is 2.14. The summed E-state index contributed by atoms with van der Waals surface area (Å²) in [6, 6.07) is 11.7. The van der Waals surface area contributed by atoms with Gasteiger partial charge in [0.15, 0.2) is 5.69 Å². The van der Waals surface area contributed by atoms with E-state index in [2.05, 4.69) is 29.3 Å². The average molecular weight is 400 g/mol. The van der Waals surface area contributed by atoms with Gasteiger partial charge in [0.2, 0.25) is 11.4 Å². The normalized spacial score (nSPS) is 13.4. The fourth-order valence-corrected chi connectivity index (χ4v) is 4.27. The van der Waals surface area contributed by atoms with Crippen LogP contribution in [0, 0.1) is 32.8 Å². The fraction of sp³-hybridized carbons (Fsp3) is 0.333. The highest BCUT2D eigenvalue weighted by Crippen LogP contribution is 2.42. The third-order valence-electron chi connectivity index (χ3n) is 5.59. The van der Waals surface area contributed by atoms with E-state index in [4.69, 9.17) is 13.7 Å². The van der Waals surface area contributed by atoms with Crippen LogP contribution >= 0.6 is 0 Å². The molecule has 3 heteroatoms. The van der Waals surface area contributed by atoms with E-state index in [1.165, 1.54) is 0 Å². The maximum atomic E-state index is 8.84. The number of benzene rings is 2. The summed E-state index contributed by atoms with van der Waals surface area (Å²) < 4.78 is 26.1. The summed E-state index contributed by atoms with van der Waals surface area (Å²) >= 11 is 0. The molecule has 0 atom stereocenters. The number of nitrogens with zero attached hydrogens (tertiary/aromatic N) is 2. The van der Waals surface area contributed by atoms with Gasteiger partial charge >= 0.3 is 0 Å². The van der Waals surface area contributed by atoms with Gasteiger partial charge in [-0.05, 0) is 42.3 Å². The molecule has 0 fully saturated rings. The summed E-state index contributed by atoms with van der Waals surface area (Å²) in [5, 5.41) is 1.95. The molecule has 0 spiro atoms. The van der Waals surface area contributed by atoms with Crippen molar-refractivity contribution in [1.29, 1.82) is 0 Å². The molecule has 0 aliphatic carbocycles. The third-order valence-corrected chi connectivity index (χ3v) is 5.59. The lowest BCUT2D eigenvalue weighted by Gasteiger charge is -2.19. The molecule has 0 bridgehead atoms. The van der Waals surface area contributed by atoms with Crippen molar-refractivity contribution in [2.75, 3.05) is 0 Å². The van der Waals surface area contributed by atoms with Crippen LogP contribution in [0.1, 0.15) is 45.9 Å². The number of fused-ring (bicyclic) bond motifs is 3. The molecule has 3 nitrogen and oxygen atoms in total. The highest BCUT2D eigenvalue weighted by Gasteiger charge is 2.25. The van der Waals surface area contributed by atoms with Crippen molar-refractivity contribution in [3.05, 3.63) is 70.2 Å². The van der Waals surface area contributed by atoms with E-state index in [-0.39, 0.29) is 0 Å². The second-order valence-corrected chi connectivity index (χ2v) is 9.16. The van der Waals surface area contributed by atoms with Crippen LogP contribution in [-0.2, 0) is 13.4 Å². The SMILES string of the molecule is [2H]C([2H])(c1cc(C)[n+](C)c(-c2c(C)cc(C)c3c2oc2c([N+]#[C-])cccc23)c1)C(C)(C)C. The van der Waals surface area contributed by atoms with Gasteiger partial charge in [-0.25, -0.2) is 4.85 Å². The lowest BCUT2D eigenvalue weighted by Crippen LogP contribution is -2.35. The molecule has 4 rings (SSSR count). The molecule has 0 aliphatic rings. The van der Waals surface area contributed by atoms with Crippen LogP contribution < -0.4 is 4.57 Å². The van der Waals surface area contributed by atoms with Gasteiger partial charge in [0.25, 0.3) is 0 Å². The van der Waals surface area contributed by atoms with Gasteiger partial charge < -0.3 is 4.42 Å². The number of furan rings is 1. The molecule has 30 heavy (non-hydrogen) atoms. The molecular weight excluding hydrogens is 368 g/mol. The molecule has 0 amide bonds. The Bertz CT molecular complexity index is 1430. The molecule has 0 N–H and O–H groups in total. The largest absolute Gasteiger partial charge is 0.466 e. The smallest absolute Gasteiger partial charge is 0.229 e. The summed E-state index contributed by atoms with van der Waals surface area (Å²) in [4.78, 5) is 3.66. The van der Waals surface area contributed by atoms with Crippen molar-refractivity contribution in [2.24, 2.45) is 12.5 Å². The highest BCUT2D eigenvalue weighted by atomic mass is 16.3. The number of rotatable bonds is 2. The maximum absolute atomic E-state index is 8.84. The van der Waals surface area contributed by atoms with Gasteiger partial charge in [-0.2, -0.15) is 4.57 Å². The first kappa shape index (κ1) is 17.7. The topological polar surface area (TPSA) is 21.4 Å². The van der Waals surface area contributed by atoms with E-state index >= 15 is 0 Å². The standard InChI is InChI=1S/C27H29N2O/c1-16-12-17(2)24(22-14-19(15-27(4,5)6)13-18(3)29(22)8)26-23(16)20-10-9-11-21(28-7)25(20)30-26/h9-14H,15H2,1-6,8H3/q+1/i15D2. The Morgan fingerprint density at radius 1 is 1.07 bits per heavy atom. The molecule has 0 radical (unpaired) electrons. The zero-order chi connectivity index (χ0) is 23.6. The van der Waals surface area contributed by atoms with Crippen LogP contribution in [0.4, 0.5) is 5.69 Å². The van der Waals surface area contributed by atoms with E-state index in [9.17, 15) is 0 Å². The van der Waals surface area contributed by atoms with Crippen molar-refractivity contribution < 1.29 is 11.7 Å². The minimum atomic E-state index is -1.51. The summed E-state index contributed by atoms with van der Waals surface area (Å²) in [7, 11) is 2.00. The van der Waals surface area contributed by atoms with Gasteiger partial charge in [0.1, 0.15) is 18.2 Å². The summed E-state index contributed by atoms with van der Waals surface area (Å²) in [5.74, 6) is 0. The van der Waals surface area contributed by atoms with E-state index in [0.717, 1.165) is 44.4 Å². The number of pyridine rings is 1. The van der Waals surface area contributed by atoms with Gasteiger partial charge in [-0.15, -0.1) is 0 Å². The van der Waals surface area contributed by atoms with Crippen molar-refractivity contribution in [1.82, 2.24) is 0 Å². The molecule has 0 aliphatic heterocycles. The lowest BCUT2D eigenvalue weighted by atomic mass is 9.87. The zero-order valence-electron chi connectivity index (χ0n) is 20.8. The Morgan fingerprint density at radius 2 is 1.80 bits per heavy atom. The molecule has 0 unspecified atom stereocenters. The first-order valence-electron chi connectivity index (χ1n) is 11.2. The Kier molecular flexibility index (Phi) is 4.13. The number of hydrogen-bond acceptors (Lipinski definition) is 1. The number of para-hydroxylation sites is 1. The minimum Gasteiger partial charge on any atom is -0.466 e. The number of aromatic nitrogens is 1. The Labute approximate surface area is 181 Å². The van der Waals surface area contributed by atoms with Gasteiger partial charge in [0, 0.05) is 32.6 Å². The third kappa shape index (κ3) is 3.27. The Morgan fingerprint density at radius 3 is 2.47 bits per heavy atom. The predicted octanol–water partition coefficient (Wildman–Crippen LogP) is 7.14. The lowest BCUT2D eigenvalue weighted by molar-refractivity contribution is -0.666. The quantitative estimate of drug-likeness (QED) is 0.259. The number of hydrogen-bond donors (Lipinski definition) is 0. The van der Waals surface area contributed by atoms with Crippen molar-refractivity contribution in [3.63, 3.8) is 0 Å². The molecule has 0 saturated heterocycles. The van der Waals surface area contributed by atoms with Gasteiger partial charge in [-0.3, -0.25) is 0 Å². The van der Waals surface area contributed by atoms with Crippen molar-refractivity contribution >= 4 is 27.6 Å². The molecule has 152 valence electrons. The van der Waals surface area contributed by atoms with E-state index in [0.29, 0.717) is 16.8 Å². The van der Waals surface area contributed by atoms with Crippen LogP contribution in [0.3, 0.4) is 0 Å². The predicted molar refractivity (Wildman–Crippen MR) is 124 cm³/mol. The second-order valence-electron chi connectivity index (χ2n) is 9.16. The van der Waals surface area contributed by atoms with Gasteiger partial charge in [-0.1, -0.05) is 45.0 Å². The van der Waals surface area contributed by atoms with E-state index in [1.807, 2.05) is 59.0 Å². The molecule has 2 aromatic heterocycles. The van der Waals surface area contributed by atoms with Crippen molar-refractivity contribution in [2.45, 2.75) is 47.9 Å². The second kappa shape index (κ2) is 6.99. The van der Waals surface area contributed by atoms with E-state index in [1.54, 1.807) is 6.07 Å². The van der Waals surface area contributed by atoms with Crippen LogP contribution in [0.25, 0.3) is 38.0 Å². The van der Waals surface area contributed by atoms with E-state index < -0.39 is 11.8 Å². The zero-order valence-corrected chi connectivity index (χ0v) is 18.8. The first-order valence-corrected chi connectivity index (χ1v) is 10.2. The average Bonchev–Trinajstić information content (AvgIpc) is 3.09. The Hall–Kier alpha value is -3.12. The highest BCUT2D eigenvalue weighted by molar-refractivity contribution is 6.14. The number of aryl methyl sites for hydroxylation is 3. The first-order chi connectivity index (χ1) is 14.9. The van der Waals surface area contributed by atoms with Crippen molar-refractivity contribution in [3.8, 4) is 11.3 Å². The molecule has 2 aromatic carbocycles. The van der Waals surface area contributed by atoms with Crippen LogP contribution in [0.15, 0.2) is 40.8 Å². The maximum Gasteiger partial charge on any atom is 0.229 e. The monoisotopic (exact) mass is 399 g/mol. The van der Waals surface area contributed by atoms with Crippen LogP contribution in [0.5, 0.6) is 0 Å². The molecule has 0 saturated carbocycles. The molecule has 4 aromatic rings. The minimum absolute atomic E-state index is 0.500.